The first-order chi connectivity index (χ1) is 4.93. The molecule has 1 aliphatic carbocycles. The molecule has 0 spiro atoms. The van der Waals surface area contributed by atoms with Crippen LogP contribution in [0.2, 0.25) is 0 Å². The van der Waals surface area contributed by atoms with E-state index in [1.54, 1.807) is 0 Å². The molecule has 0 atom stereocenters. The minimum absolute atomic E-state index is 0.976. The summed E-state index contributed by atoms with van der Waals surface area (Å²) in [4.78, 5) is 0. The van der Waals surface area contributed by atoms with Gasteiger partial charge in [0.15, 0.2) is 0 Å². The monoisotopic (exact) mass is 155 g/mol. The molecule has 0 aromatic carbocycles. The van der Waals surface area contributed by atoms with E-state index in [-0.39, 0.29) is 0 Å². The Labute approximate surface area is 69.0 Å². The summed E-state index contributed by atoms with van der Waals surface area (Å²) >= 11 is 4.67. The van der Waals surface area contributed by atoms with Crippen LogP contribution in [-0.2, 0) is 0 Å². The zero-order valence-corrected chi connectivity index (χ0v) is 7.25. The summed E-state index contributed by atoms with van der Waals surface area (Å²) in [5.74, 6) is 0.976. The molecule has 0 unspecified atom stereocenters. The predicted octanol–water partition coefficient (Wildman–Crippen LogP) is 3.22. The van der Waals surface area contributed by atoms with Gasteiger partial charge in [0, 0.05) is 5.37 Å². The highest BCUT2D eigenvalue weighted by Crippen LogP contribution is 2.26. The van der Waals surface area contributed by atoms with Crippen LogP contribution in [0.5, 0.6) is 0 Å². The molecular formula is C9H15S. The molecule has 0 amide bonds. The molecule has 0 bridgehead atoms. The summed E-state index contributed by atoms with van der Waals surface area (Å²) in [5.41, 5.74) is 0. The first-order valence-corrected chi connectivity index (χ1v) is 4.69. The molecule has 1 aliphatic rings. The van der Waals surface area contributed by atoms with Crippen molar-refractivity contribution >= 4 is 17.6 Å². The van der Waals surface area contributed by atoms with E-state index in [1.807, 2.05) is 0 Å². The number of thiocarbonyl (C=S) groups is 1. The van der Waals surface area contributed by atoms with E-state index >= 15 is 0 Å². The van der Waals surface area contributed by atoms with Crippen molar-refractivity contribution in [2.45, 2.75) is 44.9 Å². The molecule has 10 heavy (non-hydrogen) atoms. The van der Waals surface area contributed by atoms with E-state index in [4.69, 9.17) is 0 Å². The Hall–Kier alpha value is 0.0900. The maximum absolute atomic E-state index is 4.67. The predicted molar refractivity (Wildman–Crippen MR) is 48.4 cm³/mol. The van der Waals surface area contributed by atoms with Gasteiger partial charge in [0.2, 0.25) is 0 Å². The van der Waals surface area contributed by atoms with Gasteiger partial charge in [0.25, 0.3) is 0 Å². The SMILES string of the molecule is S=[C]CCC1CCCCC1. The van der Waals surface area contributed by atoms with Gasteiger partial charge in [-0.2, -0.15) is 0 Å². The molecule has 1 saturated carbocycles. The fourth-order valence-corrected chi connectivity index (χ4v) is 1.86. The average Bonchev–Trinajstić information content (AvgIpc) is 2.03. The van der Waals surface area contributed by atoms with Crippen molar-refractivity contribution in [2.24, 2.45) is 5.92 Å². The third-order valence-corrected chi connectivity index (χ3v) is 2.58. The second-order valence-corrected chi connectivity index (χ2v) is 3.48. The average molecular weight is 155 g/mol. The Morgan fingerprint density at radius 2 is 1.90 bits per heavy atom. The highest BCUT2D eigenvalue weighted by atomic mass is 32.1. The fraction of sp³-hybridized carbons (Fsp3) is 0.889. The lowest BCUT2D eigenvalue weighted by Gasteiger charge is -2.20. The largest absolute Gasteiger partial charge is 0.0837 e. The van der Waals surface area contributed by atoms with Gasteiger partial charge in [-0.1, -0.05) is 44.3 Å². The molecule has 1 heteroatoms. The molecule has 1 radical (unpaired) electrons. The second-order valence-electron chi connectivity index (χ2n) is 3.19. The van der Waals surface area contributed by atoms with E-state index in [0.717, 1.165) is 12.3 Å². The molecule has 1 fully saturated rings. The topological polar surface area (TPSA) is 0 Å². The van der Waals surface area contributed by atoms with E-state index in [1.165, 1.54) is 38.5 Å². The summed E-state index contributed by atoms with van der Waals surface area (Å²) in [6, 6.07) is 0. The van der Waals surface area contributed by atoms with E-state index < -0.39 is 0 Å². The summed E-state index contributed by atoms with van der Waals surface area (Å²) in [7, 11) is 0. The maximum Gasteiger partial charge on any atom is 0.0291 e. The van der Waals surface area contributed by atoms with Gasteiger partial charge in [-0.05, 0) is 18.8 Å². The Balaban J connectivity index is 2.07. The van der Waals surface area contributed by atoms with Crippen LogP contribution in [0.25, 0.3) is 0 Å². The van der Waals surface area contributed by atoms with Crippen molar-refractivity contribution in [3.05, 3.63) is 0 Å². The summed E-state index contributed by atoms with van der Waals surface area (Å²) in [6.45, 7) is 0. The van der Waals surface area contributed by atoms with Crippen molar-refractivity contribution in [1.82, 2.24) is 0 Å². The molecule has 1 rings (SSSR count). The highest BCUT2D eigenvalue weighted by Gasteiger charge is 2.11. The van der Waals surface area contributed by atoms with Crippen LogP contribution in [0.3, 0.4) is 0 Å². The van der Waals surface area contributed by atoms with Gasteiger partial charge in [0.05, 0.1) is 0 Å². The van der Waals surface area contributed by atoms with Crippen LogP contribution in [0, 0.1) is 5.92 Å². The first-order valence-electron chi connectivity index (χ1n) is 4.28. The molecule has 0 aromatic heterocycles. The zero-order valence-electron chi connectivity index (χ0n) is 6.44. The summed E-state index contributed by atoms with van der Waals surface area (Å²) < 4.78 is 0. The van der Waals surface area contributed by atoms with Crippen molar-refractivity contribution in [3.8, 4) is 0 Å². The molecule has 0 aliphatic heterocycles. The van der Waals surface area contributed by atoms with Gasteiger partial charge < -0.3 is 0 Å². The number of hydrogen-bond donors (Lipinski definition) is 0. The van der Waals surface area contributed by atoms with Gasteiger partial charge >= 0.3 is 0 Å². The van der Waals surface area contributed by atoms with Crippen LogP contribution < -0.4 is 0 Å². The maximum atomic E-state index is 4.67. The molecule has 0 aromatic rings. The van der Waals surface area contributed by atoms with Crippen molar-refractivity contribution in [1.29, 1.82) is 0 Å². The zero-order chi connectivity index (χ0) is 7.23. The van der Waals surface area contributed by atoms with Gasteiger partial charge in [-0.25, -0.2) is 0 Å². The lowest BCUT2D eigenvalue weighted by atomic mass is 9.86. The Morgan fingerprint density at radius 3 is 2.50 bits per heavy atom. The fourth-order valence-electron chi connectivity index (χ4n) is 1.74. The van der Waals surface area contributed by atoms with Crippen LogP contribution in [0.1, 0.15) is 44.9 Å². The van der Waals surface area contributed by atoms with Crippen molar-refractivity contribution in [2.75, 3.05) is 0 Å². The van der Waals surface area contributed by atoms with Crippen LogP contribution in [0.4, 0.5) is 0 Å². The quantitative estimate of drug-likeness (QED) is 0.564. The normalized spacial score (nSPS) is 20.8. The Bertz CT molecular complexity index is 92.9. The van der Waals surface area contributed by atoms with Crippen molar-refractivity contribution < 1.29 is 0 Å². The van der Waals surface area contributed by atoms with Crippen LogP contribution in [-0.4, -0.2) is 5.37 Å². The molecule has 0 heterocycles. The molecule has 0 nitrogen and oxygen atoms in total. The Kier molecular flexibility index (Phi) is 3.96. The van der Waals surface area contributed by atoms with E-state index in [2.05, 4.69) is 17.6 Å². The van der Waals surface area contributed by atoms with Crippen LogP contribution in [0.15, 0.2) is 0 Å². The lowest BCUT2D eigenvalue weighted by molar-refractivity contribution is 0.344. The van der Waals surface area contributed by atoms with Gasteiger partial charge in [-0.3, -0.25) is 0 Å². The smallest absolute Gasteiger partial charge is 0.0291 e. The summed E-state index contributed by atoms with van der Waals surface area (Å²) in [6.07, 6.45) is 9.56. The highest BCUT2D eigenvalue weighted by molar-refractivity contribution is 7.78. The standard InChI is InChI=1S/C9H15S/c10-8-4-7-9-5-2-1-3-6-9/h9H,1-7H2. The van der Waals surface area contributed by atoms with Crippen molar-refractivity contribution in [3.63, 3.8) is 0 Å². The molecule has 57 valence electrons. The summed E-state index contributed by atoms with van der Waals surface area (Å²) in [5, 5.41) is 2.80. The van der Waals surface area contributed by atoms with Gasteiger partial charge in [0.1, 0.15) is 0 Å². The number of rotatable bonds is 3. The Morgan fingerprint density at radius 1 is 1.20 bits per heavy atom. The number of hydrogen-bond acceptors (Lipinski definition) is 1. The third-order valence-electron chi connectivity index (χ3n) is 2.38. The minimum Gasteiger partial charge on any atom is -0.0837 e. The lowest BCUT2D eigenvalue weighted by Crippen LogP contribution is -2.05. The van der Waals surface area contributed by atoms with E-state index in [9.17, 15) is 0 Å². The third kappa shape index (κ3) is 2.78. The molecule has 0 saturated heterocycles. The molecule has 0 N–H and O–H groups in total. The van der Waals surface area contributed by atoms with E-state index in [0.29, 0.717) is 0 Å². The van der Waals surface area contributed by atoms with Gasteiger partial charge in [-0.15, -0.1) is 0 Å². The first kappa shape index (κ1) is 8.19. The second kappa shape index (κ2) is 4.84. The molecular weight excluding hydrogens is 140 g/mol. The minimum atomic E-state index is 0.976. The van der Waals surface area contributed by atoms with Crippen LogP contribution >= 0.6 is 12.2 Å².